The molecule has 67 heavy (non-hydrogen) atoms. The molecule has 0 aliphatic heterocycles. The van der Waals surface area contributed by atoms with Gasteiger partial charge in [0.25, 0.3) is 0 Å². The van der Waals surface area contributed by atoms with Crippen molar-refractivity contribution in [3.05, 3.63) is 277 Å². The van der Waals surface area contributed by atoms with Crippen molar-refractivity contribution in [3.8, 4) is 44.5 Å². The Morgan fingerprint density at radius 3 is 1.30 bits per heavy atom. The molecule has 0 heteroatoms. The van der Waals surface area contributed by atoms with E-state index in [2.05, 4.69) is 255 Å². The van der Waals surface area contributed by atoms with Gasteiger partial charge in [0.05, 0.1) is 5.41 Å². The summed E-state index contributed by atoms with van der Waals surface area (Å²) in [5.41, 5.74) is 14.7. The summed E-state index contributed by atoms with van der Waals surface area (Å²) in [6.45, 7) is 0. The van der Waals surface area contributed by atoms with Gasteiger partial charge in [0.1, 0.15) is 0 Å². The van der Waals surface area contributed by atoms with E-state index in [9.17, 15) is 0 Å². The molecule has 0 spiro atoms. The molecule has 310 valence electrons. The Bertz CT molecular complexity index is 4040. The van der Waals surface area contributed by atoms with Crippen molar-refractivity contribution in [1.29, 1.82) is 0 Å². The van der Waals surface area contributed by atoms with E-state index in [1.807, 2.05) is 0 Å². The largest absolute Gasteiger partial charge is 0.0725 e. The highest BCUT2D eigenvalue weighted by atomic mass is 14.5. The van der Waals surface area contributed by atoms with E-state index < -0.39 is 5.41 Å². The Balaban J connectivity index is 1.04. The molecule has 0 fully saturated rings. The number of hydrogen-bond donors (Lipinski definition) is 0. The van der Waals surface area contributed by atoms with Crippen LogP contribution in [0.4, 0.5) is 0 Å². The van der Waals surface area contributed by atoms with E-state index in [0.717, 1.165) is 0 Å². The van der Waals surface area contributed by atoms with Gasteiger partial charge in [-0.05, 0) is 144 Å². The second-order valence-electron chi connectivity index (χ2n) is 18.2. The van der Waals surface area contributed by atoms with Gasteiger partial charge in [-0.25, -0.2) is 0 Å². The van der Waals surface area contributed by atoms with Crippen LogP contribution < -0.4 is 0 Å². The number of benzene rings is 13. The second kappa shape index (κ2) is 14.7. The first kappa shape index (κ1) is 37.8. The summed E-state index contributed by atoms with van der Waals surface area (Å²) in [5.74, 6) is 0. The molecule has 0 saturated heterocycles. The molecule has 0 aromatic heterocycles. The molecule has 0 N–H and O–H groups in total. The predicted octanol–water partition coefficient (Wildman–Crippen LogP) is 18.0. The summed E-state index contributed by atoms with van der Waals surface area (Å²) in [6.07, 6.45) is 0. The van der Waals surface area contributed by atoms with Gasteiger partial charge >= 0.3 is 0 Å². The molecule has 1 aliphatic rings. The van der Waals surface area contributed by atoms with Crippen LogP contribution in [0.1, 0.15) is 22.3 Å². The highest BCUT2D eigenvalue weighted by Crippen LogP contribution is 2.62. The fourth-order valence-electron chi connectivity index (χ4n) is 12.2. The summed E-state index contributed by atoms with van der Waals surface area (Å²) in [4.78, 5) is 0. The van der Waals surface area contributed by atoms with Gasteiger partial charge in [0.2, 0.25) is 0 Å². The van der Waals surface area contributed by atoms with Crippen molar-refractivity contribution in [2.24, 2.45) is 0 Å². The van der Waals surface area contributed by atoms with E-state index in [0.29, 0.717) is 0 Å². The molecule has 13 aromatic rings. The second-order valence-corrected chi connectivity index (χ2v) is 18.2. The average Bonchev–Trinajstić information content (AvgIpc) is 3.73. The topological polar surface area (TPSA) is 0 Å². The fraction of sp³-hybridized carbons (Fsp3) is 0.0149. The average molecular weight is 847 g/mol. The minimum absolute atomic E-state index is 0.584. The Morgan fingerprint density at radius 1 is 0.209 bits per heavy atom. The Labute approximate surface area is 389 Å². The van der Waals surface area contributed by atoms with Crippen LogP contribution in [0.25, 0.3) is 109 Å². The standard InChI is InChI=1S/C67H42/c1-3-23-48(24-4-1)67(49-25-5-2-6-26-49)65-52-39-38-47(42-45(52)37-40-61(65)64-55-30-11-9-28-53(55)54-29-10-16-35-60(54)66(64)67)63-58-33-14-12-31-56(58)62(57-32-13-15-34-59(57)63)46-22-17-21-44(41-46)51-36-18-20-43-19-7-8-27-50(43)51/h1-42H. The van der Waals surface area contributed by atoms with Crippen LogP contribution in [-0.4, -0.2) is 0 Å². The quantitative estimate of drug-likeness (QED) is 0.120. The summed E-state index contributed by atoms with van der Waals surface area (Å²) in [5, 5.41) is 15.2. The molecule has 0 nitrogen and oxygen atoms in total. The maximum Gasteiger partial charge on any atom is 0.0725 e. The first-order valence-corrected chi connectivity index (χ1v) is 23.4. The van der Waals surface area contributed by atoms with Gasteiger partial charge in [0.15, 0.2) is 0 Å². The Kier molecular flexibility index (Phi) is 8.30. The van der Waals surface area contributed by atoms with Crippen LogP contribution in [0.2, 0.25) is 0 Å². The normalized spacial score (nSPS) is 12.9. The zero-order valence-corrected chi connectivity index (χ0v) is 36.7. The third kappa shape index (κ3) is 5.42. The molecule has 0 bridgehead atoms. The molecule has 0 saturated carbocycles. The lowest BCUT2D eigenvalue weighted by molar-refractivity contribution is 0.783. The fourth-order valence-corrected chi connectivity index (χ4v) is 12.2. The maximum absolute atomic E-state index is 2.46. The highest BCUT2D eigenvalue weighted by Gasteiger charge is 2.49. The Hall–Kier alpha value is -8.58. The first-order chi connectivity index (χ1) is 33.3. The Morgan fingerprint density at radius 2 is 0.672 bits per heavy atom. The lowest BCUT2D eigenvalue weighted by atomic mass is 9.65. The van der Waals surface area contributed by atoms with Crippen molar-refractivity contribution in [2.75, 3.05) is 0 Å². The zero-order valence-electron chi connectivity index (χ0n) is 36.7. The monoisotopic (exact) mass is 846 g/mol. The highest BCUT2D eigenvalue weighted by molar-refractivity contribution is 6.23. The molecule has 1 aliphatic carbocycles. The van der Waals surface area contributed by atoms with Crippen LogP contribution in [0.3, 0.4) is 0 Å². The van der Waals surface area contributed by atoms with Crippen LogP contribution in [0, 0.1) is 0 Å². The van der Waals surface area contributed by atoms with Crippen molar-refractivity contribution < 1.29 is 0 Å². The predicted molar refractivity (Wildman–Crippen MR) is 285 cm³/mol. The summed E-state index contributed by atoms with van der Waals surface area (Å²) in [7, 11) is 0. The molecular formula is C67H42. The number of rotatable bonds is 5. The van der Waals surface area contributed by atoms with Crippen LogP contribution in [-0.2, 0) is 5.41 Å². The molecule has 0 unspecified atom stereocenters. The van der Waals surface area contributed by atoms with Gasteiger partial charge in [0, 0.05) is 0 Å². The van der Waals surface area contributed by atoms with Crippen molar-refractivity contribution in [1.82, 2.24) is 0 Å². The molecule has 14 rings (SSSR count). The van der Waals surface area contributed by atoms with E-state index in [1.165, 1.54) is 131 Å². The molecule has 0 radical (unpaired) electrons. The minimum Gasteiger partial charge on any atom is -0.0622 e. The number of fused-ring (bicyclic) bond motifs is 13. The molecule has 0 amide bonds. The zero-order chi connectivity index (χ0) is 44.1. The van der Waals surface area contributed by atoms with Gasteiger partial charge < -0.3 is 0 Å². The number of hydrogen-bond acceptors (Lipinski definition) is 0. The van der Waals surface area contributed by atoms with E-state index in [-0.39, 0.29) is 0 Å². The minimum atomic E-state index is -0.584. The maximum atomic E-state index is 2.46. The van der Waals surface area contributed by atoms with E-state index >= 15 is 0 Å². The lowest BCUT2D eigenvalue weighted by Gasteiger charge is -2.35. The van der Waals surface area contributed by atoms with Gasteiger partial charge in [-0.15, -0.1) is 0 Å². The SMILES string of the molecule is c1ccc(C2(c3ccccc3)c3c(ccc4cc(-c5c6ccccc6c(-c6cccc(-c7cccc8ccccc78)c6)c6ccccc56)ccc34)-c3c2c2ccccc2c2ccccc32)cc1. The summed E-state index contributed by atoms with van der Waals surface area (Å²) in [6, 6.07) is 95.3. The molecule has 0 atom stereocenters. The van der Waals surface area contributed by atoms with Crippen molar-refractivity contribution >= 4 is 64.6 Å². The van der Waals surface area contributed by atoms with Crippen LogP contribution in [0.15, 0.2) is 255 Å². The van der Waals surface area contributed by atoms with E-state index in [1.54, 1.807) is 0 Å². The molecule has 13 aromatic carbocycles. The third-order valence-corrected chi connectivity index (χ3v) is 14.9. The van der Waals surface area contributed by atoms with Crippen LogP contribution in [0.5, 0.6) is 0 Å². The van der Waals surface area contributed by atoms with E-state index in [4.69, 9.17) is 0 Å². The van der Waals surface area contributed by atoms with Crippen molar-refractivity contribution in [2.45, 2.75) is 5.41 Å². The van der Waals surface area contributed by atoms with Gasteiger partial charge in [-0.1, -0.05) is 243 Å². The molecular weight excluding hydrogens is 805 g/mol. The van der Waals surface area contributed by atoms with Crippen molar-refractivity contribution in [3.63, 3.8) is 0 Å². The summed E-state index contributed by atoms with van der Waals surface area (Å²) < 4.78 is 0. The first-order valence-electron chi connectivity index (χ1n) is 23.4. The smallest absolute Gasteiger partial charge is 0.0622 e. The summed E-state index contributed by atoms with van der Waals surface area (Å²) >= 11 is 0. The van der Waals surface area contributed by atoms with Gasteiger partial charge in [-0.2, -0.15) is 0 Å². The third-order valence-electron chi connectivity index (χ3n) is 14.9. The lowest BCUT2D eigenvalue weighted by Crippen LogP contribution is -2.29. The van der Waals surface area contributed by atoms with Crippen LogP contribution >= 0.6 is 0 Å². The van der Waals surface area contributed by atoms with Gasteiger partial charge in [-0.3, -0.25) is 0 Å². The molecule has 0 heterocycles.